The van der Waals surface area contributed by atoms with Crippen molar-refractivity contribution in [1.29, 1.82) is 0 Å². The molecule has 4 nitrogen and oxygen atoms in total. The number of benzene rings is 1. The first-order chi connectivity index (χ1) is 8.31. The Bertz CT molecular complexity index is 562. The van der Waals surface area contributed by atoms with Gasteiger partial charge in [-0.2, -0.15) is 5.10 Å². The minimum Gasteiger partial charge on any atom is -0.325 e. The van der Waals surface area contributed by atoms with Crippen LogP contribution in [0, 0.1) is 0 Å². The highest BCUT2D eigenvalue weighted by Crippen LogP contribution is 2.26. The summed E-state index contributed by atoms with van der Waals surface area (Å²) in [5.41, 5.74) is 10.3. The third kappa shape index (κ3) is 1.71. The van der Waals surface area contributed by atoms with Crippen LogP contribution in [-0.2, 0) is 19.6 Å². The van der Waals surface area contributed by atoms with Crippen molar-refractivity contribution in [3.8, 4) is 5.69 Å². The summed E-state index contributed by atoms with van der Waals surface area (Å²) in [5, 5.41) is 7.94. The number of para-hydroxylation sites is 1. The van der Waals surface area contributed by atoms with Gasteiger partial charge in [-0.1, -0.05) is 12.1 Å². The Hall–Kier alpha value is -1.17. The second kappa shape index (κ2) is 4.25. The topological polar surface area (TPSA) is 55.9 Å². The van der Waals surface area contributed by atoms with Crippen molar-refractivity contribution >= 4 is 15.9 Å². The Morgan fingerprint density at radius 3 is 2.94 bits per heavy atom. The molecule has 0 spiro atoms. The predicted octanol–water partition coefficient (Wildman–Crippen LogP) is 1.70. The molecule has 1 aromatic carbocycles. The summed E-state index contributed by atoms with van der Waals surface area (Å²) < 4.78 is 3.03. The molecule has 0 atom stereocenters. The van der Waals surface area contributed by atoms with E-state index in [1.807, 2.05) is 22.9 Å². The summed E-state index contributed by atoms with van der Waals surface area (Å²) in [7, 11) is 0. The van der Waals surface area contributed by atoms with Gasteiger partial charge in [0.1, 0.15) is 0 Å². The van der Waals surface area contributed by atoms with Crippen LogP contribution in [0.1, 0.15) is 17.0 Å². The first-order valence-electron chi connectivity index (χ1n) is 5.56. The number of halogens is 1. The van der Waals surface area contributed by atoms with E-state index in [1.54, 1.807) is 0 Å². The van der Waals surface area contributed by atoms with Crippen LogP contribution in [0.4, 0.5) is 0 Å². The summed E-state index contributed by atoms with van der Waals surface area (Å²) in [5.74, 6) is 0. The van der Waals surface area contributed by atoms with E-state index in [0.29, 0.717) is 6.54 Å². The van der Waals surface area contributed by atoms with E-state index in [0.717, 1.165) is 28.9 Å². The van der Waals surface area contributed by atoms with Crippen LogP contribution in [0.15, 0.2) is 28.7 Å². The van der Waals surface area contributed by atoms with E-state index in [9.17, 15) is 0 Å². The van der Waals surface area contributed by atoms with Gasteiger partial charge in [-0.25, -0.2) is 4.68 Å². The van der Waals surface area contributed by atoms with Gasteiger partial charge in [0.25, 0.3) is 0 Å². The predicted molar refractivity (Wildman–Crippen MR) is 69.7 cm³/mol. The van der Waals surface area contributed by atoms with Gasteiger partial charge in [-0.3, -0.25) is 0 Å². The Labute approximate surface area is 108 Å². The molecule has 1 aliphatic rings. The molecular weight excluding hydrogens is 280 g/mol. The van der Waals surface area contributed by atoms with Gasteiger partial charge in [0, 0.05) is 29.7 Å². The maximum atomic E-state index is 5.74. The number of rotatable bonds is 2. The fraction of sp³-hybridized carbons (Fsp3) is 0.250. The van der Waals surface area contributed by atoms with Crippen molar-refractivity contribution in [3.05, 3.63) is 45.7 Å². The molecule has 0 saturated carbocycles. The highest BCUT2D eigenvalue weighted by atomic mass is 79.9. The molecule has 0 amide bonds. The molecule has 2 heterocycles. The van der Waals surface area contributed by atoms with Crippen LogP contribution in [0.3, 0.4) is 0 Å². The van der Waals surface area contributed by atoms with Crippen LogP contribution in [0.5, 0.6) is 0 Å². The lowest BCUT2D eigenvalue weighted by atomic mass is 10.2. The van der Waals surface area contributed by atoms with Crippen molar-refractivity contribution in [1.82, 2.24) is 15.1 Å². The van der Waals surface area contributed by atoms with Gasteiger partial charge in [0.15, 0.2) is 0 Å². The molecule has 3 rings (SSSR count). The molecule has 0 aliphatic carbocycles. The fourth-order valence-electron chi connectivity index (χ4n) is 2.21. The average molecular weight is 293 g/mol. The molecule has 2 aromatic rings. The number of hydrogen-bond donors (Lipinski definition) is 2. The van der Waals surface area contributed by atoms with Crippen molar-refractivity contribution in [3.63, 3.8) is 0 Å². The summed E-state index contributed by atoms with van der Waals surface area (Å²) in [6.07, 6.45) is 0. The second-order valence-electron chi connectivity index (χ2n) is 4.04. The van der Waals surface area contributed by atoms with Gasteiger partial charge in [0.05, 0.1) is 17.1 Å². The maximum Gasteiger partial charge on any atom is 0.0813 e. The zero-order chi connectivity index (χ0) is 11.8. The van der Waals surface area contributed by atoms with Crippen LogP contribution in [-0.4, -0.2) is 9.78 Å². The number of nitrogens with one attached hydrogen (secondary N) is 1. The van der Waals surface area contributed by atoms with Gasteiger partial charge in [-0.15, -0.1) is 0 Å². The lowest BCUT2D eigenvalue weighted by Crippen LogP contribution is -2.10. The van der Waals surface area contributed by atoms with E-state index >= 15 is 0 Å². The number of aromatic nitrogens is 2. The van der Waals surface area contributed by atoms with Crippen LogP contribution in [0.25, 0.3) is 5.69 Å². The highest BCUT2D eigenvalue weighted by Gasteiger charge is 2.22. The Morgan fingerprint density at radius 2 is 2.18 bits per heavy atom. The molecule has 0 fully saturated rings. The second-order valence-corrected chi connectivity index (χ2v) is 4.90. The van der Waals surface area contributed by atoms with E-state index in [4.69, 9.17) is 5.73 Å². The molecular formula is C12H13BrN4. The zero-order valence-electron chi connectivity index (χ0n) is 9.28. The smallest absolute Gasteiger partial charge is 0.0813 e. The molecule has 1 aromatic heterocycles. The first kappa shape index (κ1) is 11.0. The molecule has 1 aliphatic heterocycles. The number of nitrogens with two attached hydrogens (primary N) is 1. The van der Waals surface area contributed by atoms with Gasteiger partial charge < -0.3 is 11.1 Å². The molecule has 0 unspecified atom stereocenters. The minimum atomic E-state index is 0.488. The average Bonchev–Trinajstić information content (AvgIpc) is 2.91. The first-order valence-corrected chi connectivity index (χ1v) is 6.36. The third-order valence-electron chi connectivity index (χ3n) is 3.04. The van der Waals surface area contributed by atoms with Crippen LogP contribution >= 0.6 is 15.9 Å². The van der Waals surface area contributed by atoms with Crippen LogP contribution in [0.2, 0.25) is 0 Å². The number of hydrogen-bond acceptors (Lipinski definition) is 3. The summed E-state index contributed by atoms with van der Waals surface area (Å²) in [4.78, 5) is 0. The van der Waals surface area contributed by atoms with Crippen molar-refractivity contribution < 1.29 is 0 Å². The van der Waals surface area contributed by atoms with E-state index in [2.05, 4.69) is 32.4 Å². The van der Waals surface area contributed by atoms with E-state index in [-0.39, 0.29) is 0 Å². The summed E-state index contributed by atoms with van der Waals surface area (Å²) >= 11 is 3.56. The van der Waals surface area contributed by atoms with E-state index < -0.39 is 0 Å². The normalized spacial score (nSPS) is 14.0. The molecule has 0 radical (unpaired) electrons. The quantitative estimate of drug-likeness (QED) is 0.886. The molecule has 17 heavy (non-hydrogen) atoms. The third-order valence-corrected chi connectivity index (χ3v) is 3.71. The summed E-state index contributed by atoms with van der Waals surface area (Å²) in [6, 6.07) is 8.09. The van der Waals surface area contributed by atoms with E-state index in [1.165, 1.54) is 11.3 Å². The Balaban J connectivity index is 2.19. The standard InChI is InChI=1S/C12H13BrN4/c13-9-3-1-2-4-11(9)17-12-7-15-6-8(12)10(5-14)16-17/h1-4,15H,5-7,14H2. The zero-order valence-corrected chi connectivity index (χ0v) is 10.9. The Kier molecular flexibility index (Phi) is 2.74. The molecule has 0 saturated heterocycles. The van der Waals surface area contributed by atoms with Crippen molar-refractivity contribution in [2.45, 2.75) is 19.6 Å². The maximum absolute atomic E-state index is 5.74. The largest absolute Gasteiger partial charge is 0.325 e. The lowest BCUT2D eigenvalue weighted by molar-refractivity contribution is 0.696. The molecule has 5 heteroatoms. The van der Waals surface area contributed by atoms with Gasteiger partial charge >= 0.3 is 0 Å². The molecule has 0 bridgehead atoms. The van der Waals surface area contributed by atoms with Gasteiger partial charge in [-0.05, 0) is 28.1 Å². The van der Waals surface area contributed by atoms with Crippen molar-refractivity contribution in [2.75, 3.05) is 0 Å². The number of fused-ring (bicyclic) bond motifs is 1. The fourth-order valence-corrected chi connectivity index (χ4v) is 2.67. The SMILES string of the molecule is NCc1nn(-c2ccccc2Br)c2c1CNC2. The van der Waals surface area contributed by atoms with Crippen molar-refractivity contribution in [2.24, 2.45) is 5.73 Å². The molecule has 3 N–H and O–H groups in total. The van der Waals surface area contributed by atoms with Gasteiger partial charge in [0.2, 0.25) is 0 Å². The highest BCUT2D eigenvalue weighted by molar-refractivity contribution is 9.10. The summed E-state index contributed by atoms with van der Waals surface area (Å²) in [6.45, 7) is 2.21. The van der Waals surface area contributed by atoms with Crippen LogP contribution < -0.4 is 11.1 Å². The number of nitrogens with zero attached hydrogens (tertiary/aromatic N) is 2. The Morgan fingerprint density at radius 1 is 1.35 bits per heavy atom. The minimum absolute atomic E-state index is 0.488. The monoisotopic (exact) mass is 292 g/mol. The lowest BCUT2D eigenvalue weighted by Gasteiger charge is -2.07. The molecule has 88 valence electrons.